The van der Waals surface area contributed by atoms with Gasteiger partial charge in [-0.3, -0.25) is 0 Å². The highest BCUT2D eigenvalue weighted by Crippen LogP contribution is 2.40. The minimum absolute atomic E-state index is 0.110. The number of rotatable bonds is 1. The maximum Gasteiger partial charge on any atom is 0.120 e. The van der Waals surface area contributed by atoms with Gasteiger partial charge in [-0.25, -0.2) is 0 Å². The molecule has 2 nitrogen and oxygen atoms in total. The van der Waals surface area contributed by atoms with Crippen molar-refractivity contribution in [3.05, 3.63) is 27.8 Å². The van der Waals surface area contributed by atoms with E-state index in [-0.39, 0.29) is 17.2 Å². The standard InChI is InChI=1S/C13H20ClNO/c1-7-6-9(16)10(8(2)11(7)14)12(15)13(3,4)5/h6,12,16H,15H2,1-5H3. The van der Waals surface area contributed by atoms with Crippen molar-refractivity contribution in [1.82, 2.24) is 0 Å². The molecule has 0 amide bonds. The van der Waals surface area contributed by atoms with Crippen LogP contribution in [0, 0.1) is 19.3 Å². The quantitative estimate of drug-likeness (QED) is 0.788. The summed E-state index contributed by atoms with van der Waals surface area (Å²) in [5.41, 5.74) is 8.57. The van der Waals surface area contributed by atoms with Crippen molar-refractivity contribution < 1.29 is 5.11 Å². The Balaban J connectivity index is 3.40. The second kappa shape index (κ2) is 4.27. The van der Waals surface area contributed by atoms with Crippen LogP contribution in [0.4, 0.5) is 0 Å². The van der Waals surface area contributed by atoms with E-state index in [1.807, 2.05) is 34.6 Å². The van der Waals surface area contributed by atoms with E-state index in [4.69, 9.17) is 17.3 Å². The molecule has 1 unspecified atom stereocenters. The van der Waals surface area contributed by atoms with Crippen LogP contribution >= 0.6 is 11.6 Å². The van der Waals surface area contributed by atoms with Gasteiger partial charge in [0.1, 0.15) is 5.75 Å². The van der Waals surface area contributed by atoms with Gasteiger partial charge in [-0.15, -0.1) is 0 Å². The third-order valence-electron chi connectivity index (χ3n) is 2.95. The Labute approximate surface area is 102 Å². The molecule has 0 fully saturated rings. The van der Waals surface area contributed by atoms with Crippen LogP contribution in [-0.4, -0.2) is 5.11 Å². The van der Waals surface area contributed by atoms with E-state index in [0.717, 1.165) is 16.7 Å². The summed E-state index contributed by atoms with van der Waals surface area (Å²) in [7, 11) is 0. The van der Waals surface area contributed by atoms with Crippen molar-refractivity contribution >= 4 is 11.6 Å². The summed E-state index contributed by atoms with van der Waals surface area (Å²) in [5.74, 6) is 0.238. The molecule has 0 heterocycles. The van der Waals surface area contributed by atoms with E-state index in [2.05, 4.69) is 0 Å². The molecule has 0 aliphatic heterocycles. The van der Waals surface area contributed by atoms with Gasteiger partial charge < -0.3 is 10.8 Å². The maximum atomic E-state index is 9.99. The van der Waals surface area contributed by atoms with E-state index in [0.29, 0.717) is 5.02 Å². The van der Waals surface area contributed by atoms with Crippen molar-refractivity contribution in [2.24, 2.45) is 11.1 Å². The lowest BCUT2D eigenvalue weighted by molar-refractivity contribution is 0.316. The summed E-state index contributed by atoms with van der Waals surface area (Å²) in [5, 5.41) is 10.7. The molecule has 1 atom stereocenters. The highest BCUT2D eigenvalue weighted by atomic mass is 35.5. The molecule has 0 aliphatic rings. The summed E-state index contributed by atoms with van der Waals surface area (Å²) in [4.78, 5) is 0. The molecule has 0 radical (unpaired) electrons. The molecule has 0 aliphatic carbocycles. The van der Waals surface area contributed by atoms with Gasteiger partial charge in [0.15, 0.2) is 0 Å². The normalized spacial score (nSPS) is 13.9. The summed E-state index contributed by atoms with van der Waals surface area (Å²) < 4.78 is 0. The zero-order chi connectivity index (χ0) is 12.7. The molecule has 90 valence electrons. The lowest BCUT2D eigenvalue weighted by Crippen LogP contribution is -2.27. The molecule has 0 aromatic heterocycles. The predicted octanol–water partition coefficient (Wildman–Crippen LogP) is 3.71. The zero-order valence-electron chi connectivity index (χ0n) is 10.6. The Hall–Kier alpha value is -0.730. The minimum Gasteiger partial charge on any atom is -0.508 e. The lowest BCUT2D eigenvalue weighted by Gasteiger charge is -2.29. The van der Waals surface area contributed by atoms with Crippen LogP contribution in [0.3, 0.4) is 0 Å². The monoisotopic (exact) mass is 241 g/mol. The number of aryl methyl sites for hydroxylation is 1. The first-order valence-electron chi connectivity index (χ1n) is 5.40. The van der Waals surface area contributed by atoms with E-state index in [9.17, 15) is 5.11 Å². The third kappa shape index (κ3) is 2.33. The average Bonchev–Trinajstić information content (AvgIpc) is 2.13. The van der Waals surface area contributed by atoms with Gasteiger partial charge in [0, 0.05) is 16.6 Å². The summed E-state index contributed by atoms with van der Waals surface area (Å²) >= 11 is 6.18. The van der Waals surface area contributed by atoms with E-state index < -0.39 is 0 Å². The fourth-order valence-corrected chi connectivity index (χ4v) is 1.93. The lowest BCUT2D eigenvalue weighted by atomic mass is 9.81. The Morgan fingerprint density at radius 2 is 1.81 bits per heavy atom. The first-order chi connectivity index (χ1) is 7.16. The predicted molar refractivity (Wildman–Crippen MR) is 69.0 cm³/mol. The molecule has 0 spiro atoms. The van der Waals surface area contributed by atoms with E-state index >= 15 is 0 Å². The number of hydrogen-bond acceptors (Lipinski definition) is 2. The highest BCUT2D eigenvalue weighted by molar-refractivity contribution is 6.32. The molecule has 1 aromatic carbocycles. The van der Waals surface area contributed by atoms with Crippen molar-refractivity contribution in [3.63, 3.8) is 0 Å². The minimum atomic E-state index is -0.231. The molecular weight excluding hydrogens is 222 g/mol. The van der Waals surface area contributed by atoms with Crippen LogP contribution in [0.2, 0.25) is 5.02 Å². The maximum absolute atomic E-state index is 9.99. The van der Waals surface area contributed by atoms with Crippen molar-refractivity contribution in [2.75, 3.05) is 0 Å². The van der Waals surface area contributed by atoms with Crippen LogP contribution in [-0.2, 0) is 0 Å². The Morgan fingerprint density at radius 3 is 2.25 bits per heavy atom. The van der Waals surface area contributed by atoms with Gasteiger partial charge in [-0.05, 0) is 36.5 Å². The largest absolute Gasteiger partial charge is 0.508 e. The highest BCUT2D eigenvalue weighted by Gasteiger charge is 2.27. The zero-order valence-corrected chi connectivity index (χ0v) is 11.3. The van der Waals surface area contributed by atoms with Crippen LogP contribution in [0.5, 0.6) is 5.75 Å². The van der Waals surface area contributed by atoms with Gasteiger partial charge >= 0.3 is 0 Å². The molecule has 1 aromatic rings. The molecule has 3 N–H and O–H groups in total. The Kier molecular flexibility index (Phi) is 3.56. The number of aromatic hydroxyl groups is 1. The smallest absolute Gasteiger partial charge is 0.120 e. The number of halogens is 1. The van der Waals surface area contributed by atoms with E-state index in [1.54, 1.807) is 6.07 Å². The van der Waals surface area contributed by atoms with E-state index in [1.165, 1.54) is 0 Å². The molecule has 0 saturated heterocycles. The molecule has 1 rings (SSSR count). The average molecular weight is 242 g/mol. The fraction of sp³-hybridized carbons (Fsp3) is 0.538. The molecule has 16 heavy (non-hydrogen) atoms. The Morgan fingerprint density at radius 1 is 1.31 bits per heavy atom. The van der Waals surface area contributed by atoms with Crippen molar-refractivity contribution in [2.45, 2.75) is 40.7 Å². The van der Waals surface area contributed by atoms with Crippen LogP contribution in [0.25, 0.3) is 0 Å². The number of hydrogen-bond donors (Lipinski definition) is 2. The van der Waals surface area contributed by atoms with Crippen molar-refractivity contribution in [3.8, 4) is 5.75 Å². The summed E-state index contributed by atoms with van der Waals surface area (Å²) in [6.07, 6.45) is 0. The van der Waals surface area contributed by atoms with Gasteiger partial charge in [0.25, 0.3) is 0 Å². The first-order valence-corrected chi connectivity index (χ1v) is 5.78. The fourth-order valence-electron chi connectivity index (χ4n) is 1.78. The number of phenolic OH excluding ortho intramolecular Hbond substituents is 1. The second-order valence-electron chi connectivity index (χ2n) is 5.41. The number of nitrogens with two attached hydrogens (primary N) is 1. The number of phenols is 1. The van der Waals surface area contributed by atoms with Gasteiger partial charge in [-0.2, -0.15) is 0 Å². The third-order valence-corrected chi connectivity index (χ3v) is 3.53. The van der Waals surface area contributed by atoms with Gasteiger partial charge in [0.2, 0.25) is 0 Å². The topological polar surface area (TPSA) is 46.2 Å². The van der Waals surface area contributed by atoms with Gasteiger partial charge in [0.05, 0.1) is 0 Å². The van der Waals surface area contributed by atoms with Crippen LogP contribution < -0.4 is 5.73 Å². The van der Waals surface area contributed by atoms with Crippen LogP contribution in [0.1, 0.15) is 43.5 Å². The van der Waals surface area contributed by atoms with Crippen molar-refractivity contribution in [1.29, 1.82) is 0 Å². The second-order valence-corrected chi connectivity index (χ2v) is 5.79. The molecule has 3 heteroatoms. The summed E-state index contributed by atoms with van der Waals surface area (Å²) in [6.45, 7) is 9.91. The molecular formula is C13H20ClNO. The SMILES string of the molecule is Cc1cc(O)c(C(N)C(C)(C)C)c(C)c1Cl. The van der Waals surface area contributed by atoms with Crippen LogP contribution in [0.15, 0.2) is 6.07 Å². The molecule has 0 saturated carbocycles. The number of benzene rings is 1. The Bertz CT molecular complexity index is 407. The molecule has 0 bridgehead atoms. The first kappa shape index (κ1) is 13.3. The summed E-state index contributed by atoms with van der Waals surface area (Å²) in [6, 6.07) is 1.45. The van der Waals surface area contributed by atoms with Gasteiger partial charge in [-0.1, -0.05) is 32.4 Å².